The Morgan fingerprint density at radius 3 is 1.08 bits per heavy atom. The number of nitriles is 2. The molecule has 1 aliphatic carbocycles. The Labute approximate surface area is 536 Å². The standard InChI is InChI=1S/C86H55N7/c87-53-72-83(90-75-37-19-14-32-64(75)68-49-59(41-45-79(68)90)55-23-5-1-6-24-55)84(91-76-38-20-15-33-65(76)69-50-60(42-46-80(69)91)56-25-7-2-8-26-56)73(54-88)86(85(72)92-77-39-21-16-34-66(77)70-51-61(43-47-81(70)92)57-27-9-3-10-28-57)93-78-40-22-17-35-67(78)71-52-62(44-48-82(71)93)89-74-36-18-13-31-63(74)58-29-11-4-12-30-58/h2-5,7-52,89H,1,6H2. The van der Waals surface area contributed by atoms with Crippen molar-refractivity contribution in [3.8, 4) is 68.3 Å². The van der Waals surface area contributed by atoms with Crippen LogP contribution < -0.4 is 5.32 Å². The van der Waals surface area contributed by atoms with E-state index in [1.54, 1.807) is 0 Å². The zero-order valence-corrected chi connectivity index (χ0v) is 50.5. The molecule has 93 heavy (non-hydrogen) atoms. The molecule has 0 saturated heterocycles. The molecule has 4 aromatic heterocycles. The van der Waals surface area contributed by atoms with Crippen molar-refractivity contribution in [1.82, 2.24) is 18.3 Å². The summed E-state index contributed by atoms with van der Waals surface area (Å²) in [6.45, 7) is 0. The van der Waals surface area contributed by atoms with Crippen molar-refractivity contribution in [3.63, 3.8) is 0 Å². The predicted octanol–water partition coefficient (Wildman–Crippen LogP) is 22.3. The van der Waals surface area contributed by atoms with Crippen molar-refractivity contribution in [2.75, 3.05) is 5.32 Å². The highest BCUT2D eigenvalue weighted by molar-refractivity contribution is 6.17. The Morgan fingerprint density at radius 2 is 0.645 bits per heavy atom. The number of aromatic nitrogens is 4. The molecule has 18 rings (SSSR count). The third-order valence-corrected chi connectivity index (χ3v) is 19.0. The minimum Gasteiger partial charge on any atom is -0.355 e. The van der Waals surface area contributed by atoms with Gasteiger partial charge in [-0.1, -0.05) is 218 Å². The van der Waals surface area contributed by atoms with E-state index in [0.29, 0.717) is 33.9 Å². The van der Waals surface area contributed by atoms with Gasteiger partial charge in [-0.15, -0.1) is 0 Å². The first-order valence-electron chi connectivity index (χ1n) is 31.7. The number of hydrogen-bond donors (Lipinski definition) is 1. The first-order valence-corrected chi connectivity index (χ1v) is 31.7. The van der Waals surface area contributed by atoms with Crippen molar-refractivity contribution < 1.29 is 0 Å². The molecular weight excluding hydrogens is 1130 g/mol. The van der Waals surface area contributed by atoms with Crippen molar-refractivity contribution in [1.29, 1.82) is 10.5 Å². The molecule has 0 radical (unpaired) electrons. The fourth-order valence-electron chi connectivity index (χ4n) is 15.0. The molecule has 1 aliphatic rings. The van der Waals surface area contributed by atoms with Crippen LogP contribution in [0.3, 0.4) is 0 Å². The second kappa shape index (κ2) is 21.5. The molecule has 0 amide bonds. The lowest BCUT2D eigenvalue weighted by molar-refractivity contribution is 1.02. The smallest absolute Gasteiger partial charge is 0.104 e. The van der Waals surface area contributed by atoms with Crippen molar-refractivity contribution in [2.45, 2.75) is 12.8 Å². The number of benzene rings is 13. The fraction of sp³-hybridized carbons (Fsp3) is 0.0233. The Bertz CT molecular complexity index is 6100. The number of allylic oxidation sites excluding steroid dienone is 4. The molecule has 0 aliphatic heterocycles. The summed E-state index contributed by atoms with van der Waals surface area (Å²) in [6, 6.07) is 107. The number of rotatable bonds is 10. The highest BCUT2D eigenvalue weighted by atomic mass is 15.1. The van der Waals surface area contributed by atoms with Gasteiger partial charge in [0.2, 0.25) is 0 Å². The minimum atomic E-state index is 0.391. The second-order valence-corrected chi connectivity index (χ2v) is 24.1. The summed E-state index contributed by atoms with van der Waals surface area (Å²) in [6.07, 6.45) is 8.80. The largest absolute Gasteiger partial charge is 0.355 e. The van der Waals surface area contributed by atoms with Crippen LogP contribution in [0.1, 0.15) is 29.5 Å². The monoisotopic (exact) mass is 1190 g/mol. The molecule has 17 aromatic rings. The first kappa shape index (κ1) is 53.4. The van der Waals surface area contributed by atoms with E-state index in [1.165, 1.54) is 5.57 Å². The van der Waals surface area contributed by atoms with Crippen LogP contribution in [0.5, 0.6) is 0 Å². The SMILES string of the molecule is N#Cc1c(-n2c3ccccc3c3cc(C4=CCCC=C4)ccc32)c(-n2c3ccccc3c3cc(-c4ccccc4)ccc32)c(C#N)c(-n2c3ccccc3c3cc(Nc4ccccc4-c4ccccc4)ccc32)c1-n1c2ccccc2c2cc(-c3ccccc3)ccc21. The summed E-state index contributed by atoms with van der Waals surface area (Å²) in [4.78, 5) is 0. The van der Waals surface area contributed by atoms with Crippen LogP contribution in [0.15, 0.2) is 303 Å². The second-order valence-electron chi connectivity index (χ2n) is 24.1. The van der Waals surface area contributed by atoms with Gasteiger partial charge in [0.25, 0.3) is 0 Å². The Kier molecular flexibility index (Phi) is 12.4. The van der Waals surface area contributed by atoms with Gasteiger partial charge < -0.3 is 23.6 Å². The fourth-order valence-corrected chi connectivity index (χ4v) is 15.0. The third-order valence-electron chi connectivity index (χ3n) is 19.0. The van der Waals surface area contributed by atoms with Crippen molar-refractivity contribution >= 4 is 104 Å². The van der Waals surface area contributed by atoms with Crippen LogP contribution in [0, 0.1) is 22.7 Å². The molecular formula is C86H55N7. The van der Waals surface area contributed by atoms with E-state index in [1.807, 2.05) is 18.2 Å². The predicted molar refractivity (Wildman–Crippen MR) is 386 cm³/mol. The maximum absolute atomic E-state index is 13.1. The van der Waals surface area contributed by atoms with E-state index in [4.69, 9.17) is 0 Å². The zero-order valence-electron chi connectivity index (χ0n) is 50.5. The topological polar surface area (TPSA) is 79.3 Å². The van der Waals surface area contributed by atoms with Gasteiger partial charge in [-0.25, -0.2) is 0 Å². The molecule has 0 saturated carbocycles. The van der Waals surface area contributed by atoms with Gasteiger partial charge in [0, 0.05) is 60.0 Å². The molecule has 0 atom stereocenters. The summed E-state index contributed by atoms with van der Waals surface area (Å²) in [5.41, 5.74) is 21.0. The van der Waals surface area contributed by atoms with Crippen LogP contribution >= 0.6 is 0 Å². The van der Waals surface area contributed by atoms with Crippen molar-refractivity contribution in [3.05, 3.63) is 320 Å². The average Bonchev–Trinajstić information content (AvgIpc) is 1.59. The van der Waals surface area contributed by atoms with Crippen LogP contribution in [0.4, 0.5) is 11.4 Å². The van der Waals surface area contributed by atoms with Crippen LogP contribution in [-0.2, 0) is 0 Å². The molecule has 4 heterocycles. The number of para-hydroxylation sites is 5. The Morgan fingerprint density at radius 1 is 0.290 bits per heavy atom. The van der Waals surface area contributed by atoms with Gasteiger partial charge in [0.15, 0.2) is 0 Å². The average molecular weight is 1190 g/mol. The summed E-state index contributed by atoms with van der Waals surface area (Å²) in [5.74, 6) is 0. The number of fused-ring (bicyclic) bond motifs is 12. The lowest BCUT2D eigenvalue weighted by atomic mass is 9.97. The van der Waals surface area contributed by atoms with Gasteiger partial charge in [0.05, 0.1) is 66.9 Å². The quantitative estimate of drug-likeness (QED) is 0.148. The van der Waals surface area contributed by atoms with Crippen LogP contribution in [-0.4, -0.2) is 18.3 Å². The minimum absolute atomic E-state index is 0.391. The Hall–Kier alpha value is -12.7. The highest BCUT2D eigenvalue weighted by Gasteiger charge is 2.35. The molecule has 0 bridgehead atoms. The lowest BCUT2D eigenvalue weighted by Gasteiger charge is -2.27. The molecule has 7 heteroatoms. The zero-order chi connectivity index (χ0) is 61.7. The first-order chi connectivity index (χ1) is 46.1. The molecule has 434 valence electrons. The number of nitrogens with zero attached hydrogens (tertiary/aromatic N) is 6. The summed E-state index contributed by atoms with van der Waals surface area (Å²) >= 11 is 0. The lowest BCUT2D eigenvalue weighted by Crippen LogP contribution is -2.16. The van der Waals surface area contributed by atoms with Gasteiger partial charge in [-0.2, -0.15) is 10.5 Å². The molecule has 0 unspecified atom stereocenters. The third kappa shape index (κ3) is 8.35. The normalized spacial score (nSPS) is 12.4. The van der Waals surface area contributed by atoms with Gasteiger partial charge in [0.1, 0.15) is 23.3 Å². The highest BCUT2D eigenvalue weighted by Crippen LogP contribution is 2.50. The van der Waals surface area contributed by atoms with E-state index in [2.05, 4.69) is 321 Å². The maximum Gasteiger partial charge on any atom is 0.104 e. The maximum atomic E-state index is 13.1. The van der Waals surface area contributed by atoms with Gasteiger partial charge >= 0.3 is 0 Å². The van der Waals surface area contributed by atoms with E-state index in [9.17, 15) is 10.5 Å². The van der Waals surface area contributed by atoms with Gasteiger partial charge in [-0.3, -0.25) is 0 Å². The van der Waals surface area contributed by atoms with Gasteiger partial charge in [-0.05, 0) is 137 Å². The molecule has 0 fully saturated rings. The van der Waals surface area contributed by atoms with E-state index in [0.717, 1.165) is 150 Å². The molecule has 0 spiro atoms. The number of anilines is 2. The summed E-state index contributed by atoms with van der Waals surface area (Å²) < 4.78 is 9.13. The molecule has 7 nitrogen and oxygen atoms in total. The van der Waals surface area contributed by atoms with E-state index in [-0.39, 0.29) is 0 Å². The van der Waals surface area contributed by atoms with Crippen molar-refractivity contribution in [2.24, 2.45) is 0 Å². The number of nitrogens with one attached hydrogen (secondary N) is 1. The Balaban J connectivity index is 1.03. The number of hydrogen-bond acceptors (Lipinski definition) is 3. The molecule has 13 aromatic carbocycles. The molecule has 1 N–H and O–H groups in total. The van der Waals surface area contributed by atoms with E-state index < -0.39 is 0 Å². The summed E-state index contributed by atoms with van der Waals surface area (Å²) in [7, 11) is 0. The van der Waals surface area contributed by atoms with E-state index >= 15 is 0 Å². The van der Waals surface area contributed by atoms with Crippen LogP contribution in [0.25, 0.3) is 149 Å². The summed E-state index contributed by atoms with van der Waals surface area (Å²) in [5, 5.41) is 38.2. The van der Waals surface area contributed by atoms with Crippen LogP contribution in [0.2, 0.25) is 0 Å².